The zero-order chi connectivity index (χ0) is 17.1. The summed E-state index contributed by atoms with van der Waals surface area (Å²) in [7, 11) is 0. The SMILES string of the molecule is CCc1nn(CC(=O)O)c(-c2ccc(O)cc2)c1-c1ccccc1. The standard InChI is InChI=1S/C19H18N2O3/c1-2-16-18(13-6-4-3-5-7-13)19(21(20-16)12-17(23)24)14-8-10-15(22)11-9-14/h3-11,22H,2,12H2,1H3,(H,23,24). The van der Waals surface area contributed by atoms with Gasteiger partial charge >= 0.3 is 5.97 Å². The molecule has 5 nitrogen and oxygen atoms in total. The van der Waals surface area contributed by atoms with Gasteiger partial charge in [0.25, 0.3) is 0 Å². The number of aryl methyl sites for hydroxylation is 1. The third-order valence-corrected chi connectivity index (χ3v) is 3.85. The highest BCUT2D eigenvalue weighted by atomic mass is 16.4. The van der Waals surface area contributed by atoms with Crippen LogP contribution in [0.2, 0.25) is 0 Å². The lowest BCUT2D eigenvalue weighted by molar-refractivity contribution is -0.137. The number of aliphatic carboxylic acids is 1. The van der Waals surface area contributed by atoms with E-state index in [2.05, 4.69) is 5.10 Å². The summed E-state index contributed by atoms with van der Waals surface area (Å²) < 4.78 is 1.52. The van der Waals surface area contributed by atoms with E-state index in [0.717, 1.165) is 28.1 Å². The molecule has 1 heterocycles. The van der Waals surface area contributed by atoms with Crippen LogP contribution >= 0.6 is 0 Å². The number of hydrogen-bond acceptors (Lipinski definition) is 3. The van der Waals surface area contributed by atoms with Crippen LogP contribution in [0.3, 0.4) is 0 Å². The second-order valence-electron chi connectivity index (χ2n) is 5.49. The first kappa shape index (κ1) is 15.8. The van der Waals surface area contributed by atoms with Crippen molar-refractivity contribution in [3.63, 3.8) is 0 Å². The monoisotopic (exact) mass is 322 g/mol. The van der Waals surface area contributed by atoms with Crippen LogP contribution in [0.15, 0.2) is 54.6 Å². The van der Waals surface area contributed by atoms with Gasteiger partial charge in [-0.3, -0.25) is 9.48 Å². The van der Waals surface area contributed by atoms with E-state index in [1.165, 1.54) is 4.68 Å². The molecule has 3 rings (SSSR count). The third-order valence-electron chi connectivity index (χ3n) is 3.85. The number of carboxylic acid groups (broad SMARTS) is 1. The summed E-state index contributed by atoms with van der Waals surface area (Å²) in [6, 6.07) is 16.6. The Morgan fingerprint density at radius 1 is 1.04 bits per heavy atom. The molecule has 0 bridgehead atoms. The number of hydrogen-bond donors (Lipinski definition) is 2. The van der Waals surface area contributed by atoms with Gasteiger partial charge in [-0.15, -0.1) is 0 Å². The van der Waals surface area contributed by atoms with E-state index >= 15 is 0 Å². The fraction of sp³-hybridized carbons (Fsp3) is 0.158. The number of aromatic nitrogens is 2. The number of phenols is 1. The molecule has 0 aliphatic rings. The lowest BCUT2D eigenvalue weighted by Gasteiger charge is -2.09. The van der Waals surface area contributed by atoms with Crippen LogP contribution in [0, 0.1) is 0 Å². The van der Waals surface area contributed by atoms with E-state index < -0.39 is 5.97 Å². The molecule has 2 aromatic carbocycles. The van der Waals surface area contributed by atoms with Gasteiger partial charge in [0.05, 0.1) is 11.4 Å². The molecule has 24 heavy (non-hydrogen) atoms. The maximum absolute atomic E-state index is 11.3. The zero-order valence-electron chi connectivity index (χ0n) is 13.3. The first-order valence-electron chi connectivity index (χ1n) is 7.76. The Hall–Kier alpha value is -3.08. The van der Waals surface area contributed by atoms with E-state index in [1.54, 1.807) is 24.3 Å². The van der Waals surface area contributed by atoms with Gasteiger partial charge in [0, 0.05) is 11.1 Å². The summed E-state index contributed by atoms with van der Waals surface area (Å²) in [6.07, 6.45) is 0.696. The molecule has 1 aromatic heterocycles. The minimum atomic E-state index is -0.945. The molecule has 0 saturated heterocycles. The number of nitrogens with zero attached hydrogens (tertiary/aromatic N) is 2. The van der Waals surface area contributed by atoms with E-state index in [0.29, 0.717) is 6.42 Å². The van der Waals surface area contributed by atoms with Crippen LogP contribution in [-0.2, 0) is 17.8 Å². The Bertz CT molecular complexity index is 852. The van der Waals surface area contributed by atoms with Crippen molar-refractivity contribution in [3.8, 4) is 28.1 Å². The van der Waals surface area contributed by atoms with Gasteiger partial charge in [-0.05, 0) is 36.2 Å². The van der Waals surface area contributed by atoms with Gasteiger partial charge in [0.15, 0.2) is 0 Å². The highest BCUT2D eigenvalue weighted by molar-refractivity contribution is 5.84. The molecule has 0 aliphatic carbocycles. The first-order chi connectivity index (χ1) is 11.6. The number of carbonyl (C=O) groups is 1. The molecular weight excluding hydrogens is 304 g/mol. The van der Waals surface area contributed by atoms with Gasteiger partial charge in [-0.2, -0.15) is 5.10 Å². The smallest absolute Gasteiger partial charge is 0.325 e. The molecule has 2 N–H and O–H groups in total. The number of aromatic hydroxyl groups is 1. The second-order valence-corrected chi connectivity index (χ2v) is 5.49. The lowest BCUT2D eigenvalue weighted by atomic mass is 9.98. The molecule has 0 saturated carbocycles. The van der Waals surface area contributed by atoms with E-state index in [-0.39, 0.29) is 12.3 Å². The maximum atomic E-state index is 11.3. The van der Waals surface area contributed by atoms with E-state index in [1.807, 2.05) is 37.3 Å². The van der Waals surface area contributed by atoms with Crippen LogP contribution in [0.4, 0.5) is 0 Å². The second kappa shape index (κ2) is 6.58. The van der Waals surface area contributed by atoms with Crippen molar-refractivity contribution in [2.45, 2.75) is 19.9 Å². The van der Waals surface area contributed by atoms with Gasteiger partial charge in [-0.25, -0.2) is 0 Å². The van der Waals surface area contributed by atoms with Crippen LogP contribution < -0.4 is 0 Å². The summed E-state index contributed by atoms with van der Waals surface area (Å²) in [5.41, 5.74) is 4.35. The van der Waals surface area contributed by atoms with Crippen molar-refractivity contribution in [3.05, 3.63) is 60.3 Å². The van der Waals surface area contributed by atoms with E-state index in [9.17, 15) is 15.0 Å². The molecule has 122 valence electrons. The Kier molecular flexibility index (Phi) is 4.33. The number of benzene rings is 2. The molecule has 0 atom stereocenters. The topological polar surface area (TPSA) is 75.4 Å². The van der Waals surface area contributed by atoms with Crippen molar-refractivity contribution in [1.29, 1.82) is 0 Å². The largest absolute Gasteiger partial charge is 0.508 e. The zero-order valence-corrected chi connectivity index (χ0v) is 13.3. The first-order valence-corrected chi connectivity index (χ1v) is 7.76. The molecule has 0 radical (unpaired) electrons. The molecule has 0 fully saturated rings. The Balaban J connectivity index is 2.27. The fourth-order valence-electron chi connectivity index (χ4n) is 2.82. The van der Waals surface area contributed by atoms with Crippen molar-refractivity contribution in [1.82, 2.24) is 9.78 Å². The number of phenolic OH excluding ortho intramolecular Hbond substituents is 1. The molecular formula is C19H18N2O3. The van der Waals surface area contributed by atoms with Crippen LogP contribution in [0.5, 0.6) is 5.75 Å². The molecule has 0 amide bonds. The van der Waals surface area contributed by atoms with Gasteiger partial charge in [-0.1, -0.05) is 37.3 Å². The van der Waals surface area contributed by atoms with Gasteiger partial charge < -0.3 is 10.2 Å². The summed E-state index contributed by atoms with van der Waals surface area (Å²) in [6.45, 7) is 1.79. The normalized spacial score (nSPS) is 10.7. The minimum absolute atomic E-state index is 0.167. The number of carboxylic acids is 1. The Morgan fingerprint density at radius 3 is 2.29 bits per heavy atom. The highest BCUT2D eigenvalue weighted by Crippen LogP contribution is 2.36. The van der Waals surface area contributed by atoms with Crippen molar-refractivity contribution < 1.29 is 15.0 Å². The average molecular weight is 322 g/mol. The molecule has 0 aliphatic heterocycles. The summed E-state index contributed by atoms with van der Waals surface area (Å²) in [5.74, 6) is -0.778. The van der Waals surface area contributed by atoms with Crippen LogP contribution in [-0.4, -0.2) is 26.0 Å². The molecule has 0 spiro atoms. The maximum Gasteiger partial charge on any atom is 0.325 e. The van der Waals surface area contributed by atoms with Crippen LogP contribution in [0.25, 0.3) is 22.4 Å². The summed E-state index contributed by atoms with van der Waals surface area (Å²) in [4.78, 5) is 11.3. The predicted octanol–water partition coefficient (Wildman–Crippen LogP) is 3.57. The highest BCUT2D eigenvalue weighted by Gasteiger charge is 2.21. The molecule has 0 unspecified atom stereocenters. The summed E-state index contributed by atoms with van der Waals surface area (Å²) in [5, 5.41) is 23.3. The lowest BCUT2D eigenvalue weighted by Crippen LogP contribution is -2.11. The molecule has 3 aromatic rings. The van der Waals surface area contributed by atoms with Gasteiger partial charge in [0.2, 0.25) is 0 Å². The quantitative estimate of drug-likeness (QED) is 0.753. The predicted molar refractivity (Wildman–Crippen MR) is 91.8 cm³/mol. The Morgan fingerprint density at radius 2 is 1.71 bits per heavy atom. The van der Waals surface area contributed by atoms with Crippen molar-refractivity contribution in [2.75, 3.05) is 0 Å². The third kappa shape index (κ3) is 3.01. The molecule has 5 heteroatoms. The minimum Gasteiger partial charge on any atom is -0.508 e. The average Bonchev–Trinajstić information content (AvgIpc) is 2.94. The van der Waals surface area contributed by atoms with Gasteiger partial charge in [0.1, 0.15) is 12.3 Å². The van der Waals surface area contributed by atoms with Crippen molar-refractivity contribution >= 4 is 5.97 Å². The Labute approximate surface area is 139 Å². The van der Waals surface area contributed by atoms with Crippen molar-refractivity contribution in [2.24, 2.45) is 0 Å². The van der Waals surface area contributed by atoms with E-state index in [4.69, 9.17) is 0 Å². The van der Waals surface area contributed by atoms with Crippen LogP contribution in [0.1, 0.15) is 12.6 Å². The fourth-order valence-corrected chi connectivity index (χ4v) is 2.82. The number of rotatable bonds is 5. The summed E-state index contributed by atoms with van der Waals surface area (Å²) >= 11 is 0.